The molecule has 0 aliphatic rings. The molecule has 104 valence electrons. The Hall–Kier alpha value is -2.18. The van der Waals surface area contributed by atoms with Crippen molar-refractivity contribution in [3.63, 3.8) is 0 Å². The number of hydrogen-bond acceptors (Lipinski definition) is 3. The summed E-state index contributed by atoms with van der Waals surface area (Å²) in [6.45, 7) is -0.355. The third kappa shape index (κ3) is 3.66. The monoisotopic (exact) mass is 291 g/mol. The number of phenolic OH excluding ortho intramolecular Hbond substituents is 1. The molecular weight excluding hydrogens is 278 g/mol. The molecule has 20 heavy (non-hydrogen) atoms. The third-order valence-corrected chi connectivity index (χ3v) is 3.73. The lowest BCUT2D eigenvalue weighted by molar-refractivity contribution is -0.135. The molecule has 0 fully saturated rings. The number of hydrogen-bond donors (Lipinski definition) is 3. The maximum absolute atomic E-state index is 11.7. The lowest BCUT2D eigenvalue weighted by Gasteiger charge is -2.05. The number of rotatable bonds is 5. The van der Waals surface area contributed by atoms with Crippen molar-refractivity contribution in [2.24, 2.45) is 0 Å². The zero-order chi connectivity index (χ0) is 14.5. The van der Waals surface area contributed by atoms with Crippen LogP contribution in [0.3, 0.4) is 0 Å². The standard InChI is InChI=1S/C14H13NO4S/c16-12-5-1-10(2-6-12)11-3-7-13(8-4-11)20(19)15-9-14(17)18/h1-8,15-16H,9H2,(H,17,18). The lowest BCUT2D eigenvalue weighted by Crippen LogP contribution is -2.24. The highest BCUT2D eigenvalue weighted by molar-refractivity contribution is 7.83. The molecule has 6 heteroatoms. The van der Waals surface area contributed by atoms with Crippen molar-refractivity contribution >= 4 is 17.0 Å². The first-order valence-electron chi connectivity index (χ1n) is 5.83. The molecule has 0 aliphatic carbocycles. The molecule has 3 N–H and O–H groups in total. The van der Waals surface area contributed by atoms with Gasteiger partial charge in [-0.05, 0) is 35.4 Å². The van der Waals surface area contributed by atoms with Crippen molar-refractivity contribution in [2.75, 3.05) is 6.54 Å². The summed E-state index contributed by atoms with van der Waals surface area (Å²) < 4.78 is 14.1. The number of aliphatic carboxylic acids is 1. The molecule has 1 atom stereocenters. The van der Waals surface area contributed by atoms with Crippen LogP contribution in [0.2, 0.25) is 0 Å². The van der Waals surface area contributed by atoms with Crippen LogP contribution in [0.25, 0.3) is 11.1 Å². The van der Waals surface area contributed by atoms with Gasteiger partial charge in [0.15, 0.2) is 0 Å². The average Bonchev–Trinajstić information content (AvgIpc) is 2.46. The molecule has 0 aromatic heterocycles. The van der Waals surface area contributed by atoms with Crippen LogP contribution in [-0.4, -0.2) is 26.9 Å². The predicted molar refractivity (Wildman–Crippen MR) is 75.6 cm³/mol. The molecule has 0 aliphatic heterocycles. The second kappa shape index (κ2) is 6.31. The number of carboxylic acids is 1. The van der Waals surface area contributed by atoms with E-state index in [1.165, 1.54) is 0 Å². The summed E-state index contributed by atoms with van der Waals surface area (Å²) in [7, 11) is -1.54. The molecule has 0 heterocycles. The third-order valence-electron chi connectivity index (χ3n) is 2.62. The summed E-state index contributed by atoms with van der Waals surface area (Å²) >= 11 is 0. The van der Waals surface area contributed by atoms with E-state index in [2.05, 4.69) is 4.72 Å². The number of benzene rings is 2. The van der Waals surface area contributed by atoms with Crippen LogP contribution in [0.5, 0.6) is 5.75 Å². The Kier molecular flexibility index (Phi) is 4.49. The Morgan fingerprint density at radius 1 is 1.00 bits per heavy atom. The van der Waals surface area contributed by atoms with Crippen molar-refractivity contribution in [1.82, 2.24) is 4.72 Å². The Morgan fingerprint density at radius 3 is 2.00 bits per heavy atom. The van der Waals surface area contributed by atoms with Gasteiger partial charge in [-0.15, -0.1) is 0 Å². The van der Waals surface area contributed by atoms with E-state index in [1.807, 2.05) is 0 Å². The van der Waals surface area contributed by atoms with Crippen LogP contribution in [-0.2, 0) is 15.8 Å². The van der Waals surface area contributed by atoms with Gasteiger partial charge >= 0.3 is 5.97 Å². The molecule has 0 radical (unpaired) electrons. The van der Waals surface area contributed by atoms with E-state index >= 15 is 0 Å². The minimum absolute atomic E-state index is 0.198. The molecule has 2 aromatic rings. The quantitative estimate of drug-likeness (QED) is 0.783. The van der Waals surface area contributed by atoms with E-state index in [9.17, 15) is 14.1 Å². The first-order chi connectivity index (χ1) is 9.56. The SMILES string of the molecule is O=C(O)CNS(=O)c1ccc(-c2ccc(O)cc2)cc1. The smallest absolute Gasteiger partial charge is 0.318 e. The second-order valence-corrected chi connectivity index (χ2v) is 5.35. The van der Waals surface area contributed by atoms with Gasteiger partial charge in [-0.2, -0.15) is 0 Å². The van der Waals surface area contributed by atoms with Crippen LogP contribution in [0.15, 0.2) is 53.4 Å². The van der Waals surface area contributed by atoms with E-state index in [0.717, 1.165) is 11.1 Å². The lowest BCUT2D eigenvalue weighted by atomic mass is 10.1. The summed E-state index contributed by atoms with van der Waals surface area (Å²) in [6.07, 6.45) is 0. The Bertz CT molecular complexity index is 623. The molecule has 0 spiro atoms. The van der Waals surface area contributed by atoms with Gasteiger partial charge in [-0.25, -0.2) is 8.93 Å². The molecule has 0 amide bonds. The minimum atomic E-state index is -1.54. The first-order valence-corrected chi connectivity index (χ1v) is 6.98. The van der Waals surface area contributed by atoms with E-state index in [4.69, 9.17) is 5.11 Å². The molecule has 0 bridgehead atoms. The van der Waals surface area contributed by atoms with Crippen LogP contribution in [0.1, 0.15) is 0 Å². The van der Waals surface area contributed by atoms with Crippen LogP contribution in [0, 0.1) is 0 Å². The number of phenols is 1. The first kappa shape index (κ1) is 14.2. The van der Waals surface area contributed by atoms with Crippen molar-refractivity contribution in [3.8, 4) is 16.9 Å². The fourth-order valence-electron chi connectivity index (χ4n) is 1.64. The molecular formula is C14H13NO4S. The zero-order valence-electron chi connectivity index (χ0n) is 10.4. The molecule has 5 nitrogen and oxygen atoms in total. The summed E-state index contributed by atoms with van der Waals surface area (Å²) in [4.78, 5) is 10.9. The van der Waals surface area contributed by atoms with Crippen molar-refractivity contribution < 1.29 is 19.2 Å². The number of carbonyl (C=O) groups is 1. The maximum atomic E-state index is 11.7. The average molecular weight is 291 g/mol. The summed E-state index contributed by atoms with van der Waals surface area (Å²) in [5.74, 6) is -0.858. The molecule has 2 rings (SSSR count). The zero-order valence-corrected chi connectivity index (χ0v) is 11.3. The highest BCUT2D eigenvalue weighted by atomic mass is 32.2. The Morgan fingerprint density at radius 2 is 1.50 bits per heavy atom. The highest BCUT2D eigenvalue weighted by Crippen LogP contribution is 2.22. The van der Waals surface area contributed by atoms with Gasteiger partial charge < -0.3 is 10.2 Å². The van der Waals surface area contributed by atoms with Gasteiger partial charge in [0.25, 0.3) is 0 Å². The van der Waals surface area contributed by atoms with Crippen LogP contribution >= 0.6 is 0 Å². The van der Waals surface area contributed by atoms with Crippen molar-refractivity contribution in [1.29, 1.82) is 0 Å². The van der Waals surface area contributed by atoms with Crippen molar-refractivity contribution in [2.45, 2.75) is 4.90 Å². The summed E-state index contributed by atoms with van der Waals surface area (Å²) in [5, 5.41) is 17.7. The van der Waals surface area contributed by atoms with Gasteiger partial charge in [0.05, 0.1) is 4.90 Å². The van der Waals surface area contributed by atoms with Gasteiger partial charge in [0.1, 0.15) is 23.3 Å². The Balaban J connectivity index is 2.11. The largest absolute Gasteiger partial charge is 0.508 e. The summed E-state index contributed by atoms with van der Waals surface area (Å²) in [6, 6.07) is 13.7. The number of nitrogens with one attached hydrogen (secondary N) is 1. The van der Waals surface area contributed by atoms with Crippen LogP contribution in [0.4, 0.5) is 0 Å². The van der Waals surface area contributed by atoms with E-state index in [-0.39, 0.29) is 12.3 Å². The highest BCUT2D eigenvalue weighted by Gasteiger charge is 2.06. The Labute approximate surface area is 118 Å². The van der Waals surface area contributed by atoms with Crippen LogP contribution < -0.4 is 4.72 Å². The van der Waals surface area contributed by atoms with Gasteiger partial charge in [-0.1, -0.05) is 24.3 Å². The predicted octanol–water partition coefficient (Wildman–Crippen LogP) is 1.76. The molecule has 2 aromatic carbocycles. The summed E-state index contributed by atoms with van der Waals surface area (Å²) in [5.41, 5.74) is 1.85. The fraction of sp³-hybridized carbons (Fsp3) is 0.0714. The topological polar surface area (TPSA) is 86.6 Å². The van der Waals surface area contributed by atoms with E-state index < -0.39 is 17.0 Å². The number of aromatic hydroxyl groups is 1. The maximum Gasteiger partial charge on any atom is 0.318 e. The van der Waals surface area contributed by atoms with E-state index in [1.54, 1.807) is 48.5 Å². The fourth-order valence-corrected chi connectivity index (χ4v) is 2.44. The van der Waals surface area contributed by atoms with Gasteiger partial charge in [0.2, 0.25) is 0 Å². The normalized spacial score (nSPS) is 12.0. The van der Waals surface area contributed by atoms with Crippen molar-refractivity contribution in [3.05, 3.63) is 48.5 Å². The molecule has 1 unspecified atom stereocenters. The van der Waals surface area contributed by atoms with Gasteiger partial charge in [0, 0.05) is 0 Å². The minimum Gasteiger partial charge on any atom is -0.508 e. The van der Waals surface area contributed by atoms with E-state index in [0.29, 0.717) is 4.90 Å². The molecule has 0 saturated carbocycles. The number of carboxylic acid groups (broad SMARTS) is 1. The van der Waals surface area contributed by atoms with Gasteiger partial charge in [-0.3, -0.25) is 4.79 Å². The second-order valence-electron chi connectivity index (χ2n) is 4.05. The molecule has 0 saturated heterocycles.